The number of fused-ring (bicyclic) bond motifs is 2. The Hall–Kier alpha value is -4.82. The van der Waals surface area contributed by atoms with E-state index in [4.69, 9.17) is 20.9 Å². The number of halogens is 2. The van der Waals surface area contributed by atoms with Gasteiger partial charge in [-0.3, -0.25) is 19.2 Å². The van der Waals surface area contributed by atoms with E-state index in [-0.39, 0.29) is 83.1 Å². The molecule has 0 spiro atoms. The molecule has 52 heavy (non-hydrogen) atoms. The number of nitrogens with one attached hydrogen (secondary N) is 2. The van der Waals surface area contributed by atoms with Crippen molar-refractivity contribution >= 4 is 45.6 Å². The quantitative estimate of drug-likeness (QED) is 0.166. The number of nitrogens with two attached hydrogens (primary N) is 2. The number of likely N-dealkylation sites (tertiary alicyclic amines) is 2. The number of carbonyl (C=O) groups excluding carboxylic acids is 4. The molecule has 14 heteroatoms. The van der Waals surface area contributed by atoms with Gasteiger partial charge in [-0.05, 0) is 73.1 Å². The predicted octanol–water partition coefficient (Wildman–Crippen LogP) is 4.22. The number of nitrogens with zero attached hydrogens (tertiary/aromatic N) is 2. The summed E-state index contributed by atoms with van der Waals surface area (Å²) < 4.78 is 79.8. The third-order valence-corrected chi connectivity index (χ3v) is 9.66. The van der Waals surface area contributed by atoms with E-state index in [1.807, 2.05) is 0 Å². The van der Waals surface area contributed by atoms with Crippen molar-refractivity contribution in [2.45, 2.75) is 102 Å². The molecule has 2 aromatic carbocycles. The third kappa shape index (κ3) is 7.40. The van der Waals surface area contributed by atoms with E-state index in [9.17, 15) is 33.4 Å². The van der Waals surface area contributed by atoms with Crippen LogP contribution in [0.3, 0.4) is 0 Å². The Bertz CT molecular complexity index is 2040. The summed E-state index contributed by atoms with van der Waals surface area (Å²) in [5, 5.41) is 0.403. The zero-order valence-electron chi connectivity index (χ0n) is 33.4. The van der Waals surface area contributed by atoms with Crippen LogP contribution < -0.4 is 11.5 Å². The molecular formula is C38H46F2N6O6. The normalized spacial score (nSPS) is 23.2. The highest BCUT2D eigenvalue weighted by atomic mass is 19.1. The zero-order chi connectivity index (χ0) is 41.0. The highest BCUT2D eigenvalue weighted by Gasteiger charge is 2.41. The van der Waals surface area contributed by atoms with E-state index in [0.29, 0.717) is 0 Å². The Morgan fingerprint density at radius 2 is 1.15 bits per heavy atom. The van der Waals surface area contributed by atoms with Gasteiger partial charge in [0.15, 0.2) is 0 Å². The molecule has 278 valence electrons. The van der Waals surface area contributed by atoms with E-state index in [2.05, 4.69) is 9.97 Å². The lowest BCUT2D eigenvalue weighted by Gasteiger charge is -2.27. The predicted molar refractivity (Wildman–Crippen MR) is 191 cm³/mol. The number of hydrogen-bond acceptors (Lipinski definition) is 8. The summed E-state index contributed by atoms with van der Waals surface area (Å²) in [6.07, 6.45) is -6.54. The summed E-state index contributed by atoms with van der Waals surface area (Å²) in [5.74, 6) is -3.70. The molecule has 6 atom stereocenters. The Morgan fingerprint density at radius 1 is 0.769 bits per heavy atom. The van der Waals surface area contributed by atoms with Crippen LogP contribution in [0.1, 0.15) is 70.0 Å². The highest BCUT2D eigenvalue weighted by Crippen LogP contribution is 2.40. The largest absolute Gasteiger partial charge is 0.461 e. The number of esters is 2. The lowest BCUT2D eigenvalue weighted by molar-refractivity contribution is -0.147. The molecule has 2 aliphatic rings. The minimum absolute atomic E-state index is 0.0353. The van der Waals surface area contributed by atoms with Gasteiger partial charge in [-0.15, -0.1) is 0 Å². The van der Waals surface area contributed by atoms with Crippen LogP contribution in [0.2, 0.25) is 0 Å². The molecule has 2 aliphatic heterocycles. The molecule has 0 unspecified atom stereocenters. The summed E-state index contributed by atoms with van der Waals surface area (Å²) in [6.45, 7) is 5.53. The molecular weight excluding hydrogens is 674 g/mol. The van der Waals surface area contributed by atoms with E-state index in [1.54, 1.807) is 13.8 Å². The van der Waals surface area contributed by atoms with Gasteiger partial charge >= 0.3 is 11.9 Å². The van der Waals surface area contributed by atoms with Gasteiger partial charge in [0.2, 0.25) is 11.8 Å². The van der Waals surface area contributed by atoms with Gasteiger partial charge in [0.25, 0.3) is 0 Å². The van der Waals surface area contributed by atoms with Gasteiger partial charge in [0, 0.05) is 66.1 Å². The van der Waals surface area contributed by atoms with Crippen molar-refractivity contribution in [3.63, 3.8) is 0 Å². The maximum Gasteiger partial charge on any atom is 0.302 e. The number of rotatable bonds is 11. The maximum atomic E-state index is 14.8. The second-order valence-electron chi connectivity index (χ2n) is 13.4. The van der Waals surface area contributed by atoms with Crippen LogP contribution in [-0.4, -0.2) is 93.0 Å². The molecule has 2 saturated heterocycles. The molecule has 6 N–H and O–H groups in total. The van der Waals surface area contributed by atoms with Gasteiger partial charge in [-0.25, -0.2) is 8.78 Å². The number of aromatic nitrogens is 2. The summed E-state index contributed by atoms with van der Waals surface area (Å²) in [6, 6.07) is 2.78. The van der Waals surface area contributed by atoms with Crippen molar-refractivity contribution in [3.8, 4) is 11.4 Å². The van der Waals surface area contributed by atoms with Crippen LogP contribution in [0.4, 0.5) is 8.78 Å². The highest BCUT2D eigenvalue weighted by molar-refractivity contribution is 5.96. The average Bonchev–Trinajstić information content (AvgIpc) is 3.92. The molecule has 2 aromatic heterocycles. The minimum Gasteiger partial charge on any atom is -0.461 e. The van der Waals surface area contributed by atoms with E-state index >= 15 is 0 Å². The fourth-order valence-corrected chi connectivity index (χ4v) is 7.12. The maximum absolute atomic E-state index is 14.8. The molecule has 0 aliphatic carbocycles. The smallest absolute Gasteiger partial charge is 0.302 e. The number of ether oxygens (including phenoxy) is 2. The molecule has 12 nitrogen and oxygen atoms in total. The second-order valence-corrected chi connectivity index (χ2v) is 13.4. The van der Waals surface area contributed by atoms with Crippen molar-refractivity contribution in [3.05, 3.63) is 59.2 Å². The number of hydrogen-bond donors (Lipinski definition) is 4. The van der Waals surface area contributed by atoms with Crippen LogP contribution >= 0.6 is 0 Å². The average molecular weight is 725 g/mol. The first-order valence-corrected chi connectivity index (χ1v) is 17.4. The van der Waals surface area contributed by atoms with Crippen molar-refractivity contribution in [1.82, 2.24) is 19.8 Å². The molecule has 0 saturated carbocycles. The first-order valence-electron chi connectivity index (χ1n) is 19.4. The number of aromatic amines is 2. The van der Waals surface area contributed by atoms with Crippen LogP contribution in [0, 0.1) is 11.6 Å². The van der Waals surface area contributed by atoms with Gasteiger partial charge in [0.05, 0.1) is 36.6 Å². The number of carbonyl (C=O) groups is 4. The summed E-state index contributed by atoms with van der Waals surface area (Å²) in [4.78, 5) is 60.2. The van der Waals surface area contributed by atoms with Crippen LogP contribution in [0.15, 0.2) is 36.4 Å². The standard InChI is InChI=1S/C38H46F2N6O6/c1-5-31(41)37(49)45-17-25(51-19(3)47)13-23(45)15-29-27-9-7-21(39)11-33(27)43-35(29)36-30(28-10-8-22(40)12-34(28)44-36)16-24-14-26(52-20(4)48)18-46(24)38(50)32(42)6-2/h7-12,23-26,31-32,43-44H,5-6,13-18,41-42H2,1-4H3/t23-,24-,25-,26-,31-,32-/m0/s1/i15D2,16D2. The number of benzene rings is 2. The molecule has 6 rings (SSSR count). The fraction of sp³-hybridized carbons (Fsp3) is 0.474. The first-order chi connectivity index (χ1) is 26.3. The number of amides is 2. The Balaban J connectivity index is 1.60. The Labute approximate surface area is 305 Å². The first kappa shape index (κ1) is 31.9. The van der Waals surface area contributed by atoms with Gasteiger partial charge in [0.1, 0.15) is 23.8 Å². The van der Waals surface area contributed by atoms with E-state index in [1.165, 1.54) is 35.8 Å². The fourth-order valence-electron chi connectivity index (χ4n) is 7.12. The lowest BCUT2D eigenvalue weighted by Crippen LogP contribution is -2.46. The third-order valence-electron chi connectivity index (χ3n) is 9.66. The van der Waals surface area contributed by atoms with E-state index in [0.717, 1.165) is 24.3 Å². The molecule has 2 amide bonds. The van der Waals surface area contributed by atoms with Crippen molar-refractivity contribution in [1.29, 1.82) is 0 Å². The van der Waals surface area contributed by atoms with Gasteiger partial charge in [-0.2, -0.15) is 0 Å². The van der Waals surface area contributed by atoms with Gasteiger partial charge < -0.3 is 40.7 Å². The summed E-state index contributed by atoms with van der Waals surface area (Å²) >= 11 is 0. The molecule has 0 bridgehead atoms. The Kier molecular flexibility index (Phi) is 9.22. The van der Waals surface area contributed by atoms with Crippen molar-refractivity contribution < 1.29 is 42.9 Å². The monoisotopic (exact) mass is 724 g/mol. The molecule has 4 aromatic rings. The second kappa shape index (κ2) is 15.0. The summed E-state index contributed by atoms with van der Waals surface area (Å²) in [7, 11) is 0. The van der Waals surface area contributed by atoms with Crippen LogP contribution in [-0.2, 0) is 41.4 Å². The van der Waals surface area contributed by atoms with Gasteiger partial charge in [-0.1, -0.05) is 13.8 Å². The minimum atomic E-state index is -2.51. The molecule has 4 heterocycles. The topological polar surface area (TPSA) is 177 Å². The van der Waals surface area contributed by atoms with Crippen LogP contribution in [0.25, 0.3) is 33.2 Å². The van der Waals surface area contributed by atoms with E-state index < -0.39 is 84.5 Å². The SMILES string of the molecule is [2H]C([2H])(c1c(-c2[nH]c3cc(F)ccc3c2C([2H])([2H])[C@@H]2C[C@H](OC(C)=O)CN2C(=O)[C@@H](N)CC)[nH]c2cc(F)ccc12)[C@@H]1C[C@H](OC(C)=O)CN1C(=O)[C@@H](N)CC. The number of H-pyrrole nitrogens is 2. The zero-order valence-corrected chi connectivity index (χ0v) is 29.4. The van der Waals surface area contributed by atoms with Crippen LogP contribution in [0.5, 0.6) is 0 Å². The lowest BCUT2D eigenvalue weighted by atomic mass is 9.94. The van der Waals surface area contributed by atoms with Crippen molar-refractivity contribution in [2.24, 2.45) is 11.5 Å². The molecule has 0 radical (unpaired) electrons. The molecule has 2 fully saturated rings. The Morgan fingerprint density at radius 3 is 1.50 bits per heavy atom. The van der Waals surface area contributed by atoms with Crippen molar-refractivity contribution in [2.75, 3.05) is 13.1 Å². The summed E-state index contributed by atoms with van der Waals surface area (Å²) in [5.41, 5.74) is 12.4.